The van der Waals surface area contributed by atoms with Crippen LogP contribution in [0.15, 0.2) is 52.0 Å². The van der Waals surface area contributed by atoms with E-state index in [9.17, 15) is 0 Å². The fraction of sp³-hybridized carbons (Fsp3) is 0.300. The average Bonchev–Trinajstić information content (AvgIpc) is 3.08. The maximum atomic E-state index is 5.56. The molecule has 0 fully saturated rings. The number of ether oxygens (including phenoxy) is 1. The van der Waals surface area contributed by atoms with Gasteiger partial charge in [-0.3, -0.25) is 0 Å². The molecule has 0 atom stereocenters. The maximum absolute atomic E-state index is 5.56. The molecule has 3 aromatic rings. The van der Waals surface area contributed by atoms with Gasteiger partial charge >= 0.3 is 0 Å². The van der Waals surface area contributed by atoms with Crippen molar-refractivity contribution in [2.45, 2.75) is 6.54 Å². The number of nitrogens with zero attached hydrogens (tertiary/aromatic N) is 4. The smallest absolute Gasteiger partial charge is 0.195 e. The Bertz CT molecular complexity index is 918. The van der Waals surface area contributed by atoms with Gasteiger partial charge in [-0.05, 0) is 16.8 Å². The van der Waals surface area contributed by atoms with Gasteiger partial charge in [-0.25, -0.2) is 4.99 Å². The standard InChI is InChI=1S/C20H24N4O2/c1-23(2)20(24(3)4)21-13-15-12-17(22-26-15)19-16-9-7-6-8-14(16)10-11-18(19)25-5/h6-12H,13H2,1-5H3. The average molecular weight is 352 g/mol. The van der Waals surface area contributed by atoms with E-state index in [4.69, 9.17) is 9.26 Å². The Morgan fingerprint density at radius 2 is 1.81 bits per heavy atom. The van der Waals surface area contributed by atoms with Crippen LogP contribution in [0.1, 0.15) is 5.76 Å². The minimum absolute atomic E-state index is 0.422. The van der Waals surface area contributed by atoms with Crippen LogP contribution in [0.2, 0.25) is 0 Å². The molecule has 0 aliphatic heterocycles. The van der Waals surface area contributed by atoms with Gasteiger partial charge in [0.1, 0.15) is 18.0 Å². The van der Waals surface area contributed by atoms with Crippen LogP contribution in [0.3, 0.4) is 0 Å². The van der Waals surface area contributed by atoms with Gasteiger partial charge < -0.3 is 19.1 Å². The molecule has 26 heavy (non-hydrogen) atoms. The third-order valence-corrected chi connectivity index (χ3v) is 4.10. The first-order chi connectivity index (χ1) is 12.5. The first-order valence-electron chi connectivity index (χ1n) is 8.42. The molecule has 0 saturated heterocycles. The predicted octanol–water partition coefficient (Wildman–Crippen LogP) is 3.48. The highest BCUT2D eigenvalue weighted by atomic mass is 16.5. The molecular formula is C20H24N4O2. The molecule has 3 rings (SSSR count). The summed E-state index contributed by atoms with van der Waals surface area (Å²) in [6.45, 7) is 0.422. The quantitative estimate of drug-likeness (QED) is 0.531. The van der Waals surface area contributed by atoms with Crippen molar-refractivity contribution in [1.82, 2.24) is 15.0 Å². The lowest BCUT2D eigenvalue weighted by Crippen LogP contribution is -2.35. The SMILES string of the molecule is COc1ccc2ccccc2c1-c1cc(CN=C(N(C)C)N(C)C)on1. The van der Waals surface area contributed by atoms with Crippen LogP contribution in [-0.2, 0) is 6.54 Å². The van der Waals surface area contributed by atoms with Crippen LogP contribution in [0.5, 0.6) is 5.75 Å². The van der Waals surface area contributed by atoms with E-state index in [1.54, 1.807) is 7.11 Å². The van der Waals surface area contributed by atoms with Crippen molar-refractivity contribution < 1.29 is 9.26 Å². The fourth-order valence-corrected chi connectivity index (χ4v) is 3.02. The zero-order chi connectivity index (χ0) is 18.7. The molecule has 0 radical (unpaired) electrons. The molecule has 0 amide bonds. The Kier molecular flexibility index (Phi) is 5.11. The Labute approximate surface area is 153 Å². The number of fused-ring (bicyclic) bond motifs is 1. The van der Waals surface area contributed by atoms with Gasteiger partial charge in [0.25, 0.3) is 0 Å². The Balaban J connectivity index is 1.98. The first-order valence-corrected chi connectivity index (χ1v) is 8.42. The Morgan fingerprint density at radius 1 is 1.08 bits per heavy atom. The van der Waals surface area contributed by atoms with Crippen molar-refractivity contribution in [2.75, 3.05) is 35.3 Å². The van der Waals surface area contributed by atoms with Gasteiger partial charge in [-0.2, -0.15) is 0 Å². The van der Waals surface area contributed by atoms with Crippen molar-refractivity contribution in [3.05, 3.63) is 48.2 Å². The summed E-state index contributed by atoms with van der Waals surface area (Å²) in [6, 6.07) is 14.1. The van der Waals surface area contributed by atoms with E-state index in [0.29, 0.717) is 12.3 Å². The fourth-order valence-electron chi connectivity index (χ4n) is 3.02. The van der Waals surface area contributed by atoms with Crippen LogP contribution >= 0.6 is 0 Å². The van der Waals surface area contributed by atoms with Gasteiger partial charge in [-0.1, -0.05) is 35.5 Å². The molecule has 2 aromatic carbocycles. The summed E-state index contributed by atoms with van der Waals surface area (Å²) in [5.74, 6) is 2.34. The van der Waals surface area contributed by atoms with Crippen LogP contribution in [0.4, 0.5) is 0 Å². The summed E-state index contributed by atoms with van der Waals surface area (Å²) in [4.78, 5) is 8.54. The number of hydrogen-bond donors (Lipinski definition) is 0. The van der Waals surface area contributed by atoms with Crippen molar-refractivity contribution in [2.24, 2.45) is 4.99 Å². The summed E-state index contributed by atoms with van der Waals surface area (Å²) in [7, 11) is 9.52. The zero-order valence-electron chi connectivity index (χ0n) is 15.9. The molecule has 6 nitrogen and oxygen atoms in total. The third-order valence-electron chi connectivity index (χ3n) is 4.10. The van der Waals surface area contributed by atoms with Gasteiger partial charge in [0.15, 0.2) is 11.7 Å². The number of rotatable bonds is 4. The summed E-state index contributed by atoms with van der Waals surface area (Å²) in [5, 5.41) is 6.48. The van der Waals surface area contributed by atoms with Crippen molar-refractivity contribution in [1.29, 1.82) is 0 Å². The Hall–Kier alpha value is -3.02. The van der Waals surface area contributed by atoms with E-state index in [0.717, 1.165) is 33.7 Å². The van der Waals surface area contributed by atoms with Crippen LogP contribution in [0.25, 0.3) is 22.0 Å². The number of methoxy groups -OCH3 is 1. The van der Waals surface area contributed by atoms with E-state index in [2.05, 4.69) is 22.3 Å². The van der Waals surface area contributed by atoms with Crippen LogP contribution in [-0.4, -0.2) is 56.2 Å². The van der Waals surface area contributed by atoms with Gasteiger partial charge in [-0.15, -0.1) is 0 Å². The van der Waals surface area contributed by atoms with E-state index in [-0.39, 0.29) is 0 Å². The van der Waals surface area contributed by atoms with Crippen molar-refractivity contribution in [3.63, 3.8) is 0 Å². The normalized spacial score (nSPS) is 10.7. The van der Waals surface area contributed by atoms with E-state index < -0.39 is 0 Å². The van der Waals surface area contributed by atoms with Crippen molar-refractivity contribution >= 4 is 16.7 Å². The van der Waals surface area contributed by atoms with E-state index in [1.165, 1.54) is 0 Å². The monoisotopic (exact) mass is 352 g/mol. The van der Waals surface area contributed by atoms with Gasteiger partial charge in [0.2, 0.25) is 0 Å². The summed E-state index contributed by atoms with van der Waals surface area (Å²) in [6.07, 6.45) is 0. The molecule has 0 N–H and O–H groups in total. The van der Waals surface area contributed by atoms with E-state index >= 15 is 0 Å². The lowest BCUT2D eigenvalue weighted by Gasteiger charge is -2.22. The molecule has 1 heterocycles. The topological polar surface area (TPSA) is 54.1 Å². The van der Waals surface area contributed by atoms with Crippen molar-refractivity contribution in [3.8, 4) is 17.0 Å². The molecule has 0 aliphatic carbocycles. The Morgan fingerprint density at radius 3 is 2.50 bits per heavy atom. The highest BCUT2D eigenvalue weighted by Gasteiger charge is 2.15. The first kappa shape index (κ1) is 17.8. The van der Waals surface area contributed by atoms with Gasteiger partial charge in [0.05, 0.1) is 12.7 Å². The number of aliphatic imine (C=N–C) groups is 1. The third kappa shape index (κ3) is 3.49. The molecule has 0 aliphatic rings. The number of guanidine groups is 1. The second-order valence-corrected chi connectivity index (χ2v) is 6.45. The molecular weight excluding hydrogens is 328 g/mol. The summed E-state index contributed by atoms with van der Waals surface area (Å²) in [5.41, 5.74) is 1.69. The minimum Gasteiger partial charge on any atom is -0.496 e. The number of hydrogen-bond acceptors (Lipinski definition) is 4. The van der Waals surface area contributed by atoms with Crippen LogP contribution < -0.4 is 4.74 Å². The van der Waals surface area contributed by atoms with Gasteiger partial charge in [0, 0.05) is 34.3 Å². The molecule has 1 aromatic heterocycles. The molecule has 6 heteroatoms. The molecule has 0 unspecified atom stereocenters. The predicted molar refractivity (Wildman–Crippen MR) is 105 cm³/mol. The molecule has 136 valence electrons. The largest absolute Gasteiger partial charge is 0.496 e. The van der Waals surface area contributed by atoms with E-state index in [1.807, 2.05) is 68.3 Å². The number of aromatic nitrogens is 1. The minimum atomic E-state index is 0.422. The molecule has 0 bridgehead atoms. The number of benzene rings is 2. The second-order valence-electron chi connectivity index (χ2n) is 6.45. The lowest BCUT2D eigenvalue weighted by atomic mass is 10.0. The maximum Gasteiger partial charge on any atom is 0.195 e. The molecule has 0 spiro atoms. The second kappa shape index (κ2) is 7.47. The van der Waals surface area contributed by atoms with Crippen LogP contribution in [0, 0.1) is 0 Å². The lowest BCUT2D eigenvalue weighted by molar-refractivity contribution is 0.383. The summed E-state index contributed by atoms with van der Waals surface area (Å²) >= 11 is 0. The molecule has 0 saturated carbocycles. The summed E-state index contributed by atoms with van der Waals surface area (Å²) < 4.78 is 11.1. The zero-order valence-corrected chi connectivity index (χ0v) is 15.9. The highest BCUT2D eigenvalue weighted by molar-refractivity contribution is 5.98. The highest BCUT2D eigenvalue weighted by Crippen LogP contribution is 2.36.